The maximum atomic E-state index is 12.2. The van der Waals surface area contributed by atoms with Crippen molar-refractivity contribution >= 4 is 5.91 Å². The van der Waals surface area contributed by atoms with Crippen LogP contribution in [0.3, 0.4) is 0 Å². The Bertz CT molecular complexity index is 545. The summed E-state index contributed by atoms with van der Waals surface area (Å²) in [6.07, 6.45) is 1.51. The van der Waals surface area contributed by atoms with Gasteiger partial charge in [0.05, 0.1) is 32.8 Å². The molecule has 2 heterocycles. The van der Waals surface area contributed by atoms with E-state index in [-0.39, 0.29) is 18.1 Å². The molecule has 2 fully saturated rings. The maximum Gasteiger partial charge on any atom is 0.237 e. The summed E-state index contributed by atoms with van der Waals surface area (Å²) in [5, 5.41) is 9.66. The predicted molar refractivity (Wildman–Crippen MR) is 85.7 cm³/mol. The summed E-state index contributed by atoms with van der Waals surface area (Å²) in [5.74, 6) is 1.53. The molecule has 3 rings (SSSR count). The van der Waals surface area contributed by atoms with E-state index >= 15 is 0 Å². The first-order chi connectivity index (χ1) is 11.2. The molecule has 0 aromatic heterocycles. The maximum absolute atomic E-state index is 12.2. The molecule has 0 bridgehead atoms. The number of aliphatic hydroxyl groups is 1. The molecule has 0 saturated carbocycles. The second kappa shape index (κ2) is 7.19. The summed E-state index contributed by atoms with van der Waals surface area (Å²) < 4.78 is 11.2. The van der Waals surface area contributed by atoms with Crippen molar-refractivity contribution in [2.24, 2.45) is 0 Å². The summed E-state index contributed by atoms with van der Waals surface area (Å²) in [4.78, 5) is 16.1. The van der Waals surface area contributed by atoms with E-state index in [2.05, 4.69) is 0 Å². The average Bonchev–Trinajstić information content (AvgIpc) is 2.50. The number of benzene rings is 1. The van der Waals surface area contributed by atoms with Crippen molar-refractivity contribution < 1.29 is 19.4 Å². The summed E-state index contributed by atoms with van der Waals surface area (Å²) >= 11 is 0. The highest BCUT2D eigenvalue weighted by atomic mass is 16.5. The molecule has 1 aromatic carbocycles. The zero-order valence-electron chi connectivity index (χ0n) is 13.5. The predicted octanol–water partition coefficient (Wildman–Crippen LogP) is 0.742. The largest absolute Gasteiger partial charge is 0.493 e. The molecule has 1 atom stereocenters. The number of nitrogens with zero attached hydrogens (tertiary/aromatic N) is 2. The summed E-state index contributed by atoms with van der Waals surface area (Å²) in [5.41, 5.74) is 0. The first kappa shape index (κ1) is 16.1. The number of rotatable bonds is 5. The van der Waals surface area contributed by atoms with Gasteiger partial charge in [0, 0.05) is 6.54 Å². The lowest BCUT2D eigenvalue weighted by atomic mass is 10.1. The van der Waals surface area contributed by atoms with Crippen molar-refractivity contribution in [1.29, 1.82) is 0 Å². The second-order valence-corrected chi connectivity index (χ2v) is 6.22. The van der Waals surface area contributed by atoms with Gasteiger partial charge in [-0.3, -0.25) is 9.69 Å². The Morgan fingerprint density at radius 3 is 2.70 bits per heavy atom. The molecule has 1 amide bonds. The molecule has 6 heteroatoms. The molecular weight excluding hydrogens is 296 g/mol. The molecule has 1 aromatic rings. The van der Waals surface area contributed by atoms with E-state index < -0.39 is 0 Å². The fourth-order valence-electron chi connectivity index (χ4n) is 3.08. The third-order valence-corrected chi connectivity index (χ3v) is 4.40. The molecule has 2 aliphatic heterocycles. The zero-order valence-corrected chi connectivity index (χ0v) is 13.5. The molecule has 0 radical (unpaired) electrons. The van der Waals surface area contributed by atoms with Crippen molar-refractivity contribution in [1.82, 2.24) is 9.80 Å². The van der Waals surface area contributed by atoms with Crippen LogP contribution in [0.4, 0.5) is 0 Å². The Labute approximate surface area is 136 Å². The number of piperidine rings is 1. The van der Waals surface area contributed by atoms with E-state index in [4.69, 9.17) is 9.47 Å². The Morgan fingerprint density at radius 2 is 2.00 bits per heavy atom. The number of carbonyl (C=O) groups is 1. The minimum absolute atomic E-state index is 0.0159. The molecule has 23 heavy (non-hydrogen) atoms. The van der Waals surface area contributed by atoms with Crippen molar-refractivity contribution in [3.05, 3.63) is 24.3 Å². The first-order valence-corrected chi connectivity index (χ1v) is 8.13. The van der Waals surface area contributed by atoms with Crippen LogP contribution in [0.5, 0.6) is 11.5 Å². The zero-order chi connectivity index (χ0) is 16.2. The third kappa shape index (κ3) is 3.95. The Morgan fingerprint density at radius 1 is 1.26 bits per heavy atom. The highest BCUT2D eigenvalue weighted by Crippen LogP contribution is 2.28. The number of para-hydroxylation sites is 2. The quantitative estimate of drug-likeness (QED) is 0.867. The highest BCUT2D eigenvalue weighted by Gasteiger charge is 2.33. The van der Waals surface area contributed by atoms with Crippen LogP contribution in [0.25, 0.3) is 0 Å². The van der Waals surface area contributed by atoms with Gasteiger partial charge in [0.25, 0.3) is 0 Å². The molecule has 0 spiro atoms. The highest BCUT2D eigenvalue weighted by molar-refractivity contribution is 5.79. The second-order valence-electron chi connectivity index (χ2n) is 6.22. The van der Waals surface area contributed by atoms with E-state index in [1.807, 2.05) is 29.2 Å². The smallest absolute Gasteiger partial charge is 0.237 e. The third-order valence-electron chi connectivity index (χ3n) is 4.40. The molecule has 0 unspecified atom stereocenters. The first-order valence-electron chi connectivity index (χ1n) is 8.13. The Kier molecular flexibility index (Phi) is 5.03. The number of methoxy groups -OCH3 is 1. The number of β-amino-alcohol motifs (C(OH)–C–C–N with tert-alkyl or cyclic N) is 1. The van der Waals surface area contributed by atoms with Crippen molar-refractivity contribution in [2.75, 3.05) is 39.8 Å². The van der Waals surface area contributed by atoms with Gasteiger partial charge >= 0.3 is 0 Å². The van der Waals surface area contributed by atoms with E-state index in [1.165, 1.54) is 0 Å². The Hall–Kier alpha value is -1.79. The average molecular weight is 320 g/mol. The summed E-state index contributed by atoms with van der Waals surface area (Å²) in [7, 11) is 1.62. The van der Waals surface area contributed by atoms with E-state index in [0.29, 0.717) is 37.7 Å². The SMILES string of the molecule is COc1ccccc1OC1CN(C(=O)CN2CCC[C@H](O)C2)C1. The molecular formula is C17H24N2O4. The summed E-state index contributed by atoms with van der Waals surface area (Å²) in [6, 6.07) is 7.54. The standard InChI is InChI=1S/C17H24N2O4/c1-22-15-6-2-3-7-16(15)23-14-10-19(11-14)17(21)12-18-8-4-5-13(20)9-18/h2-3,6-7,13-14,20H,4-5,8-12H2,1H3/t13-/m0/s1. The van der Waals surface area contributed by atoms with Crippen LogP contribution in [-0.4, -0.2) is 72.9 Å². The van der Waals surface area contributed by atoms with Gasteiger partial charge in [0.1, 0.15) is 6.10 Å². The van der Waals surface area contributed by atoms with Gasteiger partial charge in [0.15, 0.2) is 11.5 Å². The molecule has 2 aliphatic rings. The van der Waals surface area contributed by atoms with E-state index in [1.54, 1.807) is 12.0 Å². The fraction of sp³-hybridized carbons (Fsp3) is 0.588. The molecule has 0 aliphatic carbocycles. The lowest BCUT2D eigenvalue weighted by Gasteiger charge is -2.40. The summed E-state index contributed by atoms with van der Waals surface area (Å²) in [6.45, 7) is 3.08. The topological polar surface area (TPSA) is 62.2 Å². The number of aliphatic hydroxyl groups excluding tert-OH is 1. The number of hydrogen-bond acceptors (Lipinski definition) is 5. The number of hydrogen-bond donors (Lipinski definition) is 1. The monoisotopic (exact) mass is 320 g/mol. The van der Waals surface area contributed by atoms with Gasteiger partial charge in [-0.15, -0.1) is 0 Å². The minimum atomic E-state index is -0.297. The van der Waals surface area contributed by atoms with Gasteiger partial charge < -0.3 is 19.5 Å². The molecule has 2 saturated heterocycles. The van der Waals surface area contributed by atoms with Crippen molar-refractivity contribution in [3.63, 3.8) is 0 Å². The molecule has 126 valence electrons. The Balaban J connectivity index is 1.44. The fourth-order valence-corrected chi connectivity index (χ4v) is 3.08. The lowest BCUT2D eigenvalue weighted by molar-refractivity contribution is -0.141. The van der Waals surface area contributed by atoms with Crippen LogP contribution < -0.4 is 9.47 Å². The van der Waals surface area contributed by atoms with Gasteiger partial charge in [-0.2, -0.15) is 0 Å². The molecule has 1 N–H and O–H groups in total. The van der Waals surface area contributed by atoms with Crippen molar-refractivity contribution in [2.45, 2.75) is 25.0 Å². The van der Waals surface area contributed by atoms with Crippen LogP contribution in [0, 0.1) is 0 Å². The number of likely N-dealkylation sites (tertiary alicyclic amines) is 2. The van der Waals surface area contributed by atoms with Gasteiger partial charge in [0.2, 0.25) is 5.91 Å². The van der Waals surface area contributed by atoms with E-state index in [0.717, 1.165) is 19.4 Å². The normalized spacial score (nSPS) is 22.5. The van der Waals surface area contributed by atoms with Crippen LogP contribution in [0.15, 0.2) is 24.3 Å². The van der Waals surface area contributed by atoms with Crippen LogP contribution in [-0.2, 0) is 4.79 Å². The molecule has 6 nitrogen and oxygen atoms in total. The van der Waals surface area contributed by atoms with Gasteiger partial charge in [-0.1, -0.05) is 12.1 Å². The minimum Gasteiger partial charge on any atom is -0.493 e. The van der Waals surface area contributed by atoms with Crippen LogP contribution >= 0.6 is 0 Å². The lowest BCUT2D eigenvalue weighted by Crippen LogP contribution is -2.58. The van der Waals surface area contributed by atoms with Crippen LogP contribution in [0.1, 0.15) is 12.8 Å². The number of amides is 1. The van der Waals surface area contributed by atoms with Crippen LogP contribution in [0.2, 0.25) is 0 Å². The van der Waals surface area contributed by atoms with E-state index in [9.17, 15) is 9.90 Å². The van der Waals surface area contributed by atoms with Crippen molar-refractivity contribution in [3.8, 4) is 11.5 Å². The van der Waals surface area contributed by atoms with Gasteiger partial charge in [-0.05, 0) is 31.5 Å². The number of carbonyl (C=O) groups excluding carboxylic acids is 1. The van der Waals surface area contributed by atoms with Gasteiger partial charge in [-0.25, -0.2) is 0 Å². The number of ether oxygens (including phenoxy) is 2.